The number of halogens is 3. The monoisotopic (exact) mass is 276 g/mol. The minimum absolute atomic E-state index is 0.256. The zero-order valence-electron chi connectivity index (χ0n) is 11.2. The predicted octanol–water partition coefficient (Wildman–Crippen LogP) is 2.33. The molecule has 2 atom stereocenters. The molecule has 3 nitrogen and oxygen atoms in total. The van der Waals surface area contributed by atoms with Crippen LogP contribution in [0.5, 0.6) is 0 Å². The Hall–Kier alpha value is -1.27. The van der Waals surface area contributed by atoms with Crippen molar-refractivity contribution in [1.82, 2.24) is 5.32 Å². The van der Waals surface area contributed by atoms with Crippen LogP contribution in [0.3, 0.4) is 0 Å². The Labute approximate surface area is 111 Å². The molecule has 2 unspecified atom stereocenters. The zero-order chi connectivity index (χ0) is 14.6. The Morgan fingerprint density at radius 1 is 1.21 bits per heavy atom. The molecule has 1 rings (SSSR count). The highest BCUT2D eigenvalue weighted by molar-refractivity contribution is 5.46. The Bertz CT molecular complexity index is 390. The lowest BCUT2D eigenvalue weighted by atomic mass is 10.1. The van der Waals surface area contributed by atoms with E-state index in [1.165, 1.54) is 0 Å². The highest BCUT2D eigenvalue weighted by Crippen LogP contribution is 2.21. The van der Waals surface area contributed by atoms with Crippen molar-refractivity contribution in [3.05, 3.63) is 29.8 Å². The van der Waals surface area contributed by atoms with Crippen LogP contribution in [0, 0.1) is 0 Å². The van der Waals surface area contributed by atoms with Gasteiger partial charge in [0.25, 0.3) is 0 Å². The van der Waals surface area contributed by atoms with Gasteiger partial charge in [0.2, 0.25) is 0 Å². The average Bonchev–Trinajstić information content (AvgIpc) is 2.34. The van der Waals surface area contributed by atoms with Gasteiger partial charge in [-0.2, -0.15) is 13.2 Å². The van der Waals surface area contributed by atoms with Crippen molar-refractivity contribution in [3.8, 4) is 0 Å². The summed E-state index contributed by atoms with van der Waals surface area (Å²) in [4.78, 5) is 1.94. The number of hydrogen-bond donors (Lipinski definition) is 2. The third-order valence-electron chi connectivity index (χ3n) is 2.90. The summed E-state index contributed by atoms with van der Waals surface area (Å²) in [7, 11) is 3.83. The van der Waals surface area contributed by atoms with Gasteiger partial charge < -0.3 is 15.3 Å². The summed E-state index contributed by atoms with van der Waals surface area (Å²) in [5.74, 6) is 0. The summed E-state index contributed by atoms with van der Waals surface area (Å²) in [6.07, 6.45) is -6.92. The lowest BCUT2D eigenvalue weighted by Gasteiger charge is -2.20. The minimum atomic E-state index is -4.58. The van der Waals surface area contributed by atoms with Gasteiger partial charge in [-0.1, -0.05) is 12.1 Å². The summed E-state index contributed by atoms with van der Waals surface area (Å²) in [6.45, 7) is 1.24. The molecule has 0 spiro atoms. The maximum absolute atomic E-state index is 12.1. The molecule has 0 amide bonds. The third-order valence-corrected chi connectivity index (χ3v) is 2.90. The molecule has 0 heterocycles. The third kappa shape index (κ3) is 4.72. The Balaban J connectivity index is 2.56. The van der Waals surface area contributed by atoms with Gasteiger partial charge in [-0.15, -0.1) is 0 Å². The molecule has 1 aromatic rings. The van der Waals surface area contributed by atoms with Gasteiger partial charge in [0.15, 0.2) is 6.10 Å². The van der Waals surface area contributed by atoms with E-state index < -0.39 is 18.8 Å². The van der Waals surface area contributed by atoms with Crippen LogP contribution in [-0.2, 0) is 0 Å². The van der Waals surface area contributed by atoms with Crippen molar-refractivity contribution in [1.29, 1.82) is 0 Å². The number of hydrogen-bond acceptors (Lipinski definition) is 3. The van der Waals surface area contributed by atoms with Crippen molar-refractivity contribution in [2.45, 2.75) is 25.2 Å². The number of benzene rings is 1. The van der Waals surface area contributed by atoms with Gasteiger partial charge in [-0.3, -0.25) is 0 Å². The first kappa shape index (κ1) is 15.8. The second kappa shape index (κ2) is 6.25. The maximum Gasteiger partial charge on any atom is 0.415 e. The van der Waals surface area contributed by atoms with E-state index in [1.54, 1.807) is 6.92 Å². The first-order chi connectivity index (χ1) is 8.71. The fourth-order valence-electron chi connectivity index (χ4n) is 1.58. The van der Waals surface area contributed by atoms with Gasteiger partial charge in [0, 0.05) is 32.4 Å². The van der Waals surface area contributed by atoms with E-state index in [1.807, 2.05) is 43.3 Å². The van der Waals surface area contributed by atoms with Gasteiger partial charge in [-0.05, 0) is 24.6 Å². The van der Waals surface area contributed by atoms with E-state index in [0.29, 0.717) is 0 Å². The first-order valence-corrected chi connectivity index (χ1v) is 5.97. The molecule has 1 aromatic carbocycles. The fourth-order valence-corrected chi connectivity index (χ4v) is 1.58. The van der Waals surface area contributed by atoms with Gasteiger partial charge in [-0.25, -0.2) is 0 Å². The van der Waals surface area contributed by atoms with E-state index in [4.69, 9.17) is 5.11 Å². The molecule has 0 bridgehead atoms. The molecular weight excluding hydrogens is 257 g/mol. The zero-order valence-corrected chi connectivity index (χ0v) is 11.2. The molecule has 2 N–H and O–H groups in total. The number of aliphatic hydroxyl groups is 1. The molecule has 0 aliphatic rings. The largest absolute Gasteiger partial charge is 0.415 e. The molecular formula is C13H19F3N2O. The number of nitrogens with zero attached hydrogens (tertiary/aromatic N) is 1. The molecule has 0 aliphatic carbocycles. The second-order valence-electron chi connectivity index (χ2n) is 4.67. The quantitative estimate of drug-likeness (QED) is 0.866. The van der Waals surface area contributed by atoms with E-state index in [-0.39, 0.29) is 6.04 Å². The molecule has 0 fully saturated rings. The summed E-state index contributed by atoms with van der Waals surface area (Å²) in [5, 5.41) is 11.6. The molecule has 0 aliphatic heterocycles. The Kier molecular flexibility index (Phi) is 5.20. The molecule has 108 valence electrons. The van der Waals surface area contributed by atoms with Crippen molar-refractivity contribution in [3.63, 3.8) is 0 Å². The lowest BCUT2D eigenvalue weighted by molar-refractivity contribution is -0.202. The van der Waals surface area contributed by atoms with Crippen LogP contribution < -0.4 is 10.2 Å². The van der Waals surface area contributed by atoms with Crippen molar-refractivity contribution in [2.75, 3.05) is 25.5 Å². The van der Waals surface area contributed by atoms with Crippen LogP contribution in [0.1, 0.15) is 18.5 Å². The highest BCUT2D eigenvalue weighted by atomic mass is 19.4. The molecule has 0 saturated carbocycles. The van der Waals surface area contributed by atoms with Gasteiger partial charge in [0.1, 0.15) is 0 Å². The maximum atomic E-state index is 12.1. The Morgan fingerprint density at radius 3 is 2.16 bits per heavy atom. The van der Waals surface area contributed by atoms with Crippen molar-refractivity contribution < 1.29 is 18.3 Å². The normalized spacial score (nSPS) is 15.1. The van der Waals surface area contributed by atoms with E-state index in [2.05, 4.69) is 5.32 Å². The summed E-state index contributed by atoms with van der Waals surface area (Å²) in [5.41, 5.74) is 1.89. The van der Waals surface area contributed by atoms with Gasteiger partial charge in [0.05, 0.1) is 0 Å². The molecule has 0 radical (unpaired) electrons. The Morgan fingerprint density at radius 2 is 1.74 bits per heavy atom. The smallest absolute Gasteiger partial charge is 0.382 e. The number of anilines is 1. The average molecular weight is 276 g/mol. The van der Waals surface area contributed by atoms with Crippen LogP contribution in [0.2, 0.25) is 0 Å². The van der Waals surface area contributed by atoms with Crippen LogP contribution in [0.15, 0.2) is 24.3 Å². The molecule has 0 saturated heterocycles. The number of rotatable bonds is 5. The summed E-state index contributed by atoms with van der Waals surface area (Å²) < 4.78 is 36.4. The van der Waals surface area contributed by atoms with Gasteiger partial charge >= 0.3 is 6.18 Å². The standard InChI is InChI=1S/C13H19F3N2O/c1-9(17-8-12(19)13(14,15)16)10-4-6-11(7-5-10)18(2)3/h4-7,9,12,17,19H,8H2,1-3H3. The minimum Gasteiger partial charge on any atom is -0.382 e. The van der Waals surface area contributed by atoms with E-state index in [0.717, 1.165) is 11.3 Å². The second-order valence-corrected chi connectivity index (χ2v) is 4.67. The van der Waals surface area contributed by atoms with Crippen LogP contribution in [-0.4, -0.2) is 38.0 Å². The molecule has 0 aromatic heterocycles. The molecule has 6 heteroatoms. The SMILES string of the molecule is CC(NCC(O)C(F)(F)F)c1ccc(N(C)C)cc1. The topological polar surface area (TPSA) is 35.5 Å². The highest BCUT2D eigenvalue weighted by Gasteiger charge is 2.37. The van der Waals surface area contributed by atoms with E-state index in [9.17, 15) is 13.2 Å². The molecule has 19 heavy (non-hydrogen) atoms. The number of nitrogens with one attached hydrogen (secondary N) is 1. The van der Waals surface area contributed by atoms with Crippen LogP contribution in [0.25, 0.3) is 0 Å². The van der Waals surface area contributed by atoms with Crippen molar-refractivity contribution in [2.24, 2.45) is 0 Å². The van der Waals surface area contributed by atoms with E-state index >= 15 is 0 Å². The first-order valence-electron chi connectivity index (χ1n) is 5.97. The van der Waals surface area contributed by atoms with Crippen LogP contribution in [0.4, 0.5) is 18.9 Å². The lowest BCUT2D eigenvalue weighted by Crippen LogP contribution is -2.39. The number of alkyl halides is 3. The number of aliphatic hydroxyl groups excluding tert-OH is 1. The fraction of sp³-hybridized carbons (Fsp3) is 0.538. The summed E-state index contributed by atoms with van der Waals surface area (Å²) in [6, 6.07) is 7.25. The van der Waals surface area contributed by atoms with Crippen LogP contribution >= 0.6 is 0 Å². The predicted molar refractivity (Wildman–Crippen MR) is 69.2 cm³/mol. The summed E-state index contributed by atoms with van der Waals surface area (Å²) >= 11 is 0. The van der Waals surface area contributed by atoms with Crippen molar-refractivity contribution >= 4 is 5.69 Å².